The molecule has 1 heterocycles. The van der Waals surface area contributed by atoms with Gasteiger partial charge in [0.2, 0.25) is 0 Å². The van der Waals surface area contributed by atoms with Crippen molar-refractivity contribution in [1.82, 2.24) is 4.90 Å². The SMILES string of the molecule is CC(N)c1c(F)cccc1N1CCN(CC(C)(C)O)CC1. The van der Waals surface area contributed by atoms with Crippen LogP contribution in [0.4, 0.5) is 10.1 Å². The first-order valence-electron chi connectivity index (χ1n) is 7.51. The summed E-state index contributed by atoms with van der Waals surface area (Å²) in [4.78, 5) is 4.42. The summed E-state index contributed by atoms with van der Waals surface area (Å²) < 4.78 is 14.0. The Morgan fingerprint density at radius 1 is 1.29 bits per heavy atom. The molecule has 1 aliphatic heterocycles. The summed E-state index contributed by atoms with van der Waals surface area (Å²) in [5.41, 5.74) is 6.73. The number of piperazine rings is 1. The van der Waals surface area contributed by atoms with Gasteiger partial charge in [0.25, 0.3) is 0 Å². The fraction of sp³-hybridized carbons (Fsp3) is 0.625. The van der Waals surface area contributed by atoms with Crippen molar-refractivity contribution < 1.29 is 9.50 Å². The van der Waals surface area contributed by atoms with E-state index in [9.17, 15) is 9.50 Å². The summed E-state index contributed by atoms with van der Waals surface area (Å²) >= 11 is 0. The molecule has 1 aliphatic rings. The lowest BCUT2D eigenvalue weighted by Gasteiger charge is -2.39. The van der Waals surface area contributed by atoms with Crippen LogP contribution in [0.2, 0.25) is 0 Å². The van der Waals surface area contributed by atoms with Gasteiger partial charge in [-0.3, -0.25) is 4.90 Å². The first kappa shape index (κ1) is 16.2. The van der Waals surface area contributed by atoms with E-state index in [1.165, 1.54) is 6.07 Å². The van der Waals surface area contributed by atoms with Gasteiger partial charge in [-0.15, -0.1) is 0 Å². The number of nitrogens with zero attached hydrogens (tertiary/aromatic N) is 2. The first-order chi connectivity index (χ1) is 9.78. The van der Waals surface area contributed by atoms with Crippen LogP contribution in [0.1, 0.15) is 32.4 Å². The van der Waals surface area contributed by atoms with Crippen molar-refractivity contribution in [2.45, 2.75) is 32.4 Å². The summed E-state index contributed by atoms with van der Waals surface area (Å²) in [5, 5.41) is 9.88. The molecule has 0 aliphatic carbocycles. The Kier molecular flexibility index (Phi) is 4.86. The molecule has 0 amide bonds. The maximum atomic E-state index is 14.0. The predicted octanol–water partition coefficient (Wildman–Crippen LogP) is 1.74. The zero-order valence-electron chi connectivity index (χ0n) is 13.1. The molecular formula is C16H26FN3O. The molecule has 0 radical (unpaired) electrons. The average molecular weight is 295 g/mol. The Morgan fingerprint density at radius 3 is 2.43 bits per heavy atom. The number of hydrogen-bond donors (Lipinski definition) is 2. The maximum Gasteiger partial charge on any atom is 0.130 e. The van der Waals surface area contributed by atoms with E-state index >= 15 is 0 Å². The van der Waals surface area contributed by atoms with Crippen LogP contribution in [0, 0.1) is 5.82 Å². The molecule has 1 atom stereocenters. The molecule has 0 saturated carbocycles. The predicted molar refractivity (Wildman–Crippen MR) is 84.0 cm³/mol. The van der Waals surface area contributed by atoms with Crippen LogP contribution in [0.15, 0.2) is 18.2 Å². The van der Waals surface area contributed by atoms with Crippen LogP contribution < -0.4 is 10.6 Å². The second-order valence-electron chi connectivity index (χ2n) is 6.54. The summed E-state index contributed by atoms with van der Waals surface area (Å²) in [5.74, 6) is -0.235. The molecule has 2 rings (SSSR count). The van der Waals surface area contributed by atoms with Crippen LogP contribution in [-0.2, 0) is 0 Å². The summed E-state index contributed by atoms with van der Waals surface area (Å²) in [7, 11) is 0. The number of β-amino-alcohol motifs (C(OH)–C–C–N with tert-alkyl or cyclic N) is 1. The molecule has 5 heteroatoms. The van der Waals surface area contributed by atoms with Crippen molar-refractivity contribution in [1.29, 1.82) is 0 Å². The lowest BCUT2D eigenvalue weighted by molar-refractivity contribution is 0.0345. The van der Waals surface area contributed by atoms with E-state index < -0.39 is 5.60 Å². The van der Waals surface area contributed by atoms with E-state index in [1.807, 2.05) is 26.8 Å². The Hall–Kier alpha value is -1.17. The number of anilines is 1. The summed E-state index contributed by atoms with van der Waals surface area (Å²) in [6.45, 7) is 9.47. The number of halogens is 1. The van der Waals surface area contributed by atoms with Crippen molar-refractivity contribution in [3.63, 3.8) is 0 Å². The van der Waals surface area contributed by atoms with E-state index in [4.69, 9.17) is 5.73 Å². The van der Waals surface area contributed by atoms with Crippen LogP contribution in [0.25, 0.3) is 0 Å². The highest BCUT2D eigenvalue weighted by atomic mass is 19.1. The van der Waals surface area contributed by atoms with Gasteiger partial charge in [-0.05, 0) is 32.9 Å². The highest BCUT2D eigenvalue weighted by molar-refractivity contribution is 5.55. The average Bonchev–Trinajstić information content (AvgIpc) is 2.37. The first-order valence-corrected chi connectivity index (χ1v) is 7.51. The molecule has 1 aromatic carbocycles. The second-order valence-corrected chi connectivity index (χ2v) is 6.54. The highest BCUT2D eigenvalue weighted by Crippen LogP contribution is 2.28. The van der Waals surface area contributed by atoms with Crippen LogP contribution in [-0.4, -0.2) is 48.3 Å². The lowest BCUT2D eigenvalue weighted by atomic mass is 10.0. The minimum absolute atomic E-state index is 0.235. The van der Waals surface area contributed by atoms with Gasteiger partial charge in [0.1, 0.15) is 5.82 Å². The Bertz CT molecular complexity index is 477. The molecule has 1 fully saturated rings. The highest BCUT2D eigenvalue weighted by Gasteiger charge is 2.25. The van der Waals surface area contributed by atoms with Crippen LogP contribution in [0.3, 0.4) is 0 Å². The summed E-state index contributed by atoms with van der Waals surface area (Å²) in [6, 6.07) is 4.82. The zero-order valence-corrected chi connectivity index (χ0v) is 13.1. The third-order valence-electron chi connectivity index (χ3n) is 3.81. The molecular weight excluding hydrogens is 269 g/mol. The number of aliphatic hydroxyl groups is 1. The summed E-state index contributed by atoms with van der Waals surface area (Å²) in [6.07, 6.45) is 0. The van der Waals surface area contributed by atoms with Crippen molar-refractivity contribution in [3.05, 3.63) is 29.6 Å². The van der Waals surface area contributed by atoms with Crippen molar-refractivity contribution >= 4 is 5.69 Å². The topological polar surface area (TPSA) is 52.7 Å². The quantitative estimate of drug-likeness (QED) is 0.888. The van der Waals surface area contributed by atoms with E-state index in [0.29, 0.717) is 12.1 Å². The van der Waals surface area contributed by atoms with Crippen LogP contribution >= 0.6 is 0 Å². The number of nitrogens with two attached hydrogens (primary N) is 1. The van der Waals surface area contributed by atoms with E-state index in [-0.39, 0.29) is 11.9 Å². The van der Waals surface area contributed by atoms with Crippen molar-refractivity contribution in [2.24, 2.45) is 5.73 Å². The molecule has 0 bridgehead atoms. The fourth-order valence-corrected chi connectivity index (χ4v) is 2.95. The van der Waals surface area contributed by atoms with Gasteiger partial charge in [-0.1, -0.05) is 6.07 Å². The smallest absolute Gasteiger partial charge is 0.130 e. The number of rotatable bonds is 4. The molecule has 1 unspecified atom stereocenters. The standard InChI is InChI=1S/C16H26FN3O/c1-12(18)15-13(17)5-4-6-14(15)20-9-7-19(8-10-20)11-16(2,3)21/h4-6,12,21H,7-11,18H2,1-3H3. The van der Waals surface area contributed by atoms with Gasteiger partial charge >= 0.3 is 0 Å². The third kappa shape index (κ3) is 4.15. The number of hydrogen-bond acceptors (Lipinski definition) is 4. The van der Waals surface area contributed by atoms with Gasteiger partial charge in [-0.25, -0.2) is 4.39 Å². The van der Waals surface area contributed by atoms with Crippen molar-refractivity contribution in [2.75, 3.05) is 37.6 Å². The minimum atomic E-state index is -0.683. The van der Waals surface area contributed by atoms with Gasteiger partial charge in [0.15, 0.2) is 0 Å². The van der Waals surface area contributed by atoms with Crippen LogP contribution in [0.5, 0.6) is 0 Å². The Labute approximate surface area is 126 Å². The Morgan fingerprint density at radius 2 is 1.90 bits per heavy atom. The molecule has 0 aromatic heterocycles. The molecule has 21 heavy (non-hydrogen) atoms. The molecule has 3 N–H and O–H groups in total. The second kappa shape index (κ2) is 6.30. The van der Waals surface area contributed by atoms with Gasteiger partial charge in [0, 0.05) is 50.0 Å². The monoisotopic (exact) mass is 295 g/mol. The van der Waals surface area contributed by atoms with Gasteiger partial charge in [-0.2, -0.15) is 0 Å². The van der Waals surface area contributed by atoms with E-state index in [0.717, 1.165) is 31.9 Å². The van der Waals surface area contributed by atoms with Crippen molar-refractivity contribution in [3.8, 4) is 0 Å². The fourth-order valence-electron chi connectivity index (χ4n) is 2.95. The largest absolute Gasteiger partial charge is 0.389 e. The maximum absolute atomic E-state index is 14.0. The molecule has 1 aromatic rings. The molecule has 4 nitrogen and oxygen atoms in total. The zero-order chi connectivity index (χ0) is 15.6. The van der Waals surface area contributed by atoms with Gasteiger partial charge in [0.05, 0.1) is 5.60 Å². The molecule has 118 valence electrons. The number of benzene rings is 1. The normalized spacial score (nSPS) is 18.9. The Balaban J connectivity index is 2.08. The molecule has 1 saturated heterocycles. The minimum Gasteiger partial charge on any atom is -0.389 e. The van der Waals surface area contributed by atoms with E-state index in [2.05, 4.69) is 9.80 Å². The molecule has 0 spiro atoms. The van der Waals surface area contributed by atoms with E-state index in [1.54, 1.807) is 6.07 Å². The lowest BCUT2D eigenvalue weighted by Crippen LogP contribution is -2.50. The van der Waals surface area contributed by atoms with Gasteiger partial charge < -0.3 is 15.7 Å². The third-order valence-corrected chi connectivity index (χ3v) is 3.81.